The molecular weight excluding hydrogens is 262 g/mol. The quantitative estimate of drug-likeness (QED) is 0.621. The van der Waals surface area contributed by atoms with Crippen molar-refractivity contribution in [3.8, 4) is 0 Å². The zero-order chi connectivity index (χ0) is 14.3. The molecule has 6 heteroatoms. The fourth-order valence-corrected chi connectivity index (χ4v) is 3.05. The third kappa shape index (κ3) is 1.63. The topological polar surface area (TPSA) is 90.2 Å². The van der Waals surface area contributed by atoms with E-state index in [0.717, 1.165) is 5.56 Å². The monoisotopic (exact) mass is 279 g/mol. The van der Waals surface area contributed by atoms with Gasteiger partial charge in [0.15, 0.2) is 6.23 Å². The zero-order valence-corrected chi connectivity index (χ0v) is 10.8. The molecule has 2 heterocycles. The number of fused-ring (bicyclic) bond motifs is 1. The first-order chi connectivity index (χ1) is 9.65. The van der Waals surface area contributed by atoms with Crippen LogP contribution in [-0.2, 0) is 16.1 Å². The molecule has 108 valence electrons. The molecule has 3 rings (SSSR count). The van der Waals surface area contributed by atoms with E-state index in [1.54, 1.807) is 0 Å². The summed E-state index contributed by atoms with van der Waals surface area (Å²) in [6, 6.07) is 9.42. The number of nitrogens with zero attached hydrogens (tertiary/aromatic N) is 1. The van der Waals surface area contributed by atoms with Gasteiger partial charge in [0.05, 0.1) is 13.2 Å². The number of aliphatic hydroxyl groups is 3. The molecule has 0 aromatic heterocycles. The molecule has 2 saturated heterocycles. The Morgan fingerprint density at radius 3 is 2.55 bits per heavy atom. The molecule has 0 aliphatic carbocycles. The Morgan fingerprint density at radius 2 is 1.95 bits per heavy atom. The Hall–Kier alpha value is -1.47. The lowest BCUT2D eigenvalue weighted by Crippen LogP contribution is -2.71. The van der Waals surface area contributed by atoms with Gasteiger partial charge in [-0.1, -0.05) is 30.3 Å². The normalized spacial score (nSPS) is 35.9. The number of rotatable bonds is 4. The van der Waals surface area contributed by atoms with E-state index in [-0.39, 0.29) is 12.5 Å². The fraction of sp³-hybridized carbons (Fsp3) is 0.500. The summed E-state index contributed by atoms with van der Waals surface area (Å²) < 4.78 is 5.52. The number of amides is 1. The SMILES string of the molecule is O=C1N(Cc2ccccc2)[C@H]2O[C@H](CO)[C@@H](O)[C@@]12CO. The average molecular weight is 279 g/mol. The van der Waals surface area contributed by atoms with Gasteiger partial charge in [-0.2, -0.15) is 0 Å². The van der Waals surface area contributed by atoms with Crippen molar-refractivity contribution in [2.45, 2.75) is 25.0 Å². The van der Waals surface area contributed by atoms with E-state index >= 15 is 0 Å². The number of hydrogen-bond acceptors (Lipinski definition) is 5. The van der Waals surface area contributed by atoms with Crippen molar-refractivity contribution in [2.75, 3.05) is 13.2 Å². The van der Waals surface area contributed by atoms with Gasteiger partial charge in [-0.05, 0) is 5.56 Å². The van der Waals surface area contributed by atoms with E-state index in [0.29, 0.717) is 6.54 Å². The Labute approximate surface area is 116 Å². The molecule has 0 bridgehead atoms. The van der Waals surface area contributed by atoms with Crippen LogP contribution in [0.25, 0.3) is 0 Å². The van der Waals surface area contributed by atoms with Crippen LogP contribution in [0.15, 0.2) is 30.3 Å². The highest BCUT2D eigenvalue weighted by Gasteiger charge is 2.71. The Morgan fingerprint density at radius 1 is 1.25 bits per heavy atom. The van der Waals surface area contributed by atoms with Crippen molar-refractivity contribution in [3.05, 3.63) is 35.9 Å². The number of hydrogen-bond donors (Lipinski definition) is 3. The van der Waals surface area contributed by atoms with Gasteiger partial charge in [-0.25, -0.2) is 0 Å². The van der Waals surface area contributed by atoms with Crippen molar-refractivity contribution in [2.24, 2.45) is 5.41 Å². The molecule has 2 aliphatic heterocycles. The van der Waals surface area contributed by atoms with Crippen LogP contribution in [0.5, 0.6) is 0 Å². The van der Waals surface area contributed by atoms with Gasteiger partial charge in [0.2, 0.25) is 5.91 Å². The van der Waals surface area contributed by atoms with Crippen molar-refractivity contribution >= 4 is 5.91 Å². The maximum atomic E-state index is 12.3. The van der Waals surface area contributed by atoms with Crippen LogP contribution >= 0.6 is 0 Å². The van der Waals surface area contributed by atoms with Gasteiger partial charge in [0, 0.05) is 6.54 Å². The molecule has 4 atom stereocenters. The molecule has 20 heavy (non-hydrogen) atoms. The number of likely N-dealkylation sites (tertiary alicyclic amines) is 1. The fourth-order valence-electron chi connectivity index (χ4n) is 3.05. The summed E-state index contributed by atoms with van der Waals surface area (Å²) in [5, 5.41) is 28.8. The van der Waals surface area contributed by atoms with Gasteiger partial charge in [0.25, 0.3) is 0 Å². The molecule has 0 unspecified atom stereocenters. The van der Waals surface area contributed by atoms with E-state index in [9.17, 15) is 20.1 Å². The summed E-state index contributed by atoms with van der Waals surface area (Å²) in [5.41, 5.74) is -0.375. The zero-order valence-electron chi connectivity index (χ0n) is 10.8. The maximum absolute atomic E-state index is 12.3. The van der Waals surface area contributed by atoms with Gasteiger partial charge >= 0.3 is 0 Å². The molecule has 1 aromatic rings. The Kier molecular flexibility index (Phi) is 3.25. The number of ether oxygens (including phenoxy) is 1. The lowest BCUT2D eigenvalue weighted by Gasteiger charge is -2.51. The Balaban J connectivity index is 1.82. The smallest absolute Gasteiger partial charge is 0.240 e. The number of carbonyl (C=O) groups is 1. The second-order valence-electron chi connectivity index (χ2n) is 5.27. The first-order valence-corrected chi connectivity index (χ1v) is 6.55. The van der Waals surface area contributed by atoms with Crippen LogP contribution in [0.3, 0.4) is 0 Å². The highest BCUT2D eigenvalue weighted by atomic mass is 16.6. The summed E-state index contributed by atoms with van der Waals surface area (Å²) in [5.74, 6) is -0.336. The van der Waals surface area contributed by atoms with E-state index in [1.165, 1.54) is 4.90 Å². The van der Waals surface area contributed by atoms with Crippen LogP contribution < -0.4 is 0 Å². The molecule has 2 fully saturated rings. The van der Waals surface area contributed by atoms with Crippen LogP contribution in [0.1, 0.15) is 5.56 Å². The van der Waals surface area contributed by atoms with Crippen LogP contribution in [0, 0.1) is 5.41 Å². The predicted molar refractivity (Wildman–Crippen MR) is 68.3 cm³/mol. The van der Waals surface area contributed by atoms with E-state index in [2.05, 4.69) is 0 Å². The van der Waals surface area contributed by atoms with E-state index < -0.39 is 30.5 Å². The van der Waals surface area contributed by atoms with E-state index in [4.69, 9.17) is 4.74 Å². The molecule has 0 saturated carbocycles. The molecule has 0 spiro atoms. The van der Waals surface area contributed by atoms with Gasteiger partial charge in [-0.15, -0.1) is 0 Å². The second kappa shape index (κ2) is 4.82. The van der Waals surface area contributed by atoms with Crippen LogP contribution in [0.4, 0.5) is 0 Å². The van der Waals surface area contributed by atoms with Gasteiger partial charge in [0.1, 0.15) is 17.6 Å². The highest BCUT2D eigenvalue weighted by molar-refractivity contribution is 5.91. The summed E-state index contributed by atoms with van der Waals surface area (Å²) >= 11 is 0. The molecule has 2 aliphatic rings. The van der Waals surface area contributed by atoms with Crippen molar-refractivity contribution < 1.29 is 24.9 Å². The molecular formula is C14H17NO5. The van der Waals surface area contributed by atoms with Crippen LogP contribution in [0.2, 0.25) is 0 Å². The van der Waals surface area contributed by atoms with Crippen molar-refractivity contribution in [1.82, 2.24) is 4.90 Å². The predicted octanol–water partition coefficient (Wildman–Crippen LogP) is -0.914. The minimum absolute atomic E-state index is 0.336. The lowest BCUT2D eigenvalue weighted by atomic mass is 9.72. The lowest BCUT2D eigenvalue weighted by molar-refractivity contribution is -0.212. The third-order valence-corrected chi connectivity index (χ3v) is 4.20. The minimum atomic E-state index is -1.32. The molecule has 3 N–H and O–H groups in total. The van der Waals surface area contributed by atoms with Gasteiger partial charge in [-0.3, -0.25) is 4.79 Å². The minimum Gasteiger partial charge on any atom is -0.395 e. The largest absolute Gasteiger partial charge is 0.395 e. The Bertz CT molecular complexity index is 508. The number of aliphatic hydroxyl groups excluding tert-OH is 3. The highest BCUT2D eigenvalue weighted by Crippen LogP contribution is 2.50. The summed E-state index contributed by atoms with van der Waals surface area (Å²) in [4.78, 5) is 13.8. The average Bonchev–Trinajstić information content (AvgIpc) is 2.75. The molecule has 1 amide bonds. The number of β-lactam (4-membered cyclic amide) rings is 1. The molecule has 0 radical (unpaired) electrons. The summed E-state index contributed by atoms with van der Waals surface area (Å²) in [6.07, 6.45) is -2.70. The third-order valence-electron chi connectivity index (χ3n) is 4.20. The molecule has 6 nitrogen and oxygen atoms in total. The standard InChI is InChI=1S/C14H17NO5/c16-7-10-11(18)14(8-17)12(19)15(13(14)20-10)6-9-4-2-1-3-5-9/h1-5,10-11,13,16-18H,6-8H2/t10-,11-,13+,14+/m1/s1. The first kappa shape index (κ1) is 13.5. The van der Waals surface area contributed by atoms with Crippen molar-refractivity contribution in [3.63, 3.8) is 0 Å². The van der Waals surface area contributed by atoms with Crippen molar-refractivity contribution in [1.29, 1.82) is 0 Å². The van der Waals surface area contributed by atoms with E-state index in [1.807, 2.05) is 30.3 Å². The maximum Gasteiger partial charge on any atom is 0.240 e. The van der Waals surface area contributed by atoms with Crippen LogP contribution in [-0.4, -0.2) is 57.8 Å². The molecule has 1 aromatic carbocycles. The number of carbonyl (C=O) groups excluding carboxylic acids is 1. The first-order valence-electron chi connectivity index (χ1n) is 6.55. The second-order valence-corrected chi connectivity index (χ2v) is 5.27. The number of benzene rings is 1. The summed E-state index contributed by atoms with van der Waals surface area (Å²) in [6.45, 7) is -0.512. The summed E-state index contributed by atoms with van der Waals surface area (Å²) in [7, 11) is 0. The van der Waals surface area contributed by atoms with Gasteiger partial charge < -0.3 is 25.0 Å².